The lowest BCUT2D eigenvalue weighted by Gasteiger charge is -2.32. The van der Waals surface area contributed by atoms with E-state index in [1.165, 1.54) is 6.42 Å². The van der Waals surface area contributed by atoms with Gasteiger partial charge >= 0.3 is 0 Å². The molecule has 20 heavy (non-hydrogen) atoms. The summed E-state index contributed by atoms with van der Waals surface area (Å²) in [6, 6.07) is 10.3. The van der Waals surface area contributed by atoms with Crippen LogP contribution in [0.2, 0.25) is 0 Å². The monoisotopic (exact) mass is 278 g/mol. The van der Waals surface area contributed by atoms with Gasteiger partial charge in [0.2, 0.25) is 0 Å². The second-order valence-corrected chi connectivity index (χ2v) is 6.31. The molecule has 0 amide bonds. The van der Waals surface area contributed by atoms with Crippen molar-refractivity contribution in [3.8, 4) is 0 Å². The lowest BCUT2D eigenvalue weighted by molar-refractivity contribution is 0.0241. The number of rotatable bonds is 8. The van der Waals surface area contributed by atoms with Gasteiger partial charge in [0.1, 0.15) is 5.60 Å². The molecule has 0 bridgehead atoms. The average molecular weight is 278 g/mol. The van der Waals surface area contributed by atoms with Gasteiger partial charge in [-0.2, -0.15) is 0 Å². The van der Waals surface area contributed by atoms with Crippen molar-refractivity contribution in [3.63, 3.8) is 0 Å². The molecule has 0 aliphatic heterocycles. The topological polar surface area (TPSA) is 49.5 Å². The normalized spacial score (nSPS) is 16.4. The zero-order chi connectivity index (χ0) is 15.2. The first-order chi connectivity index (χ1) is 9.39. The minimum Gasteiger partial charge on any atom is -0.384 e. The van der Waals surface area contributed by atoms with E-state index in [4.69, 9.17) is 5.73 Å². The Morgan fingerprint density at radius 1 is 1.20 bits per heavy atom. The third-order valence-electron chi connectivity index (χ3n) is 4.09. The largest absolute Gasteiger partial charge is 0.384 e. The molecule has 3 heteroatoms. The molecule has 0 radical (unpaired) electrons. The van der Waals surface area contributed by atoms with Gasteiger partial charge in [0.05, 0.1) is 0 Å². The molecule has 1 aromatic carbocycles. The van der Waals surface area contributed by atoms with Gasteiger partial charge in [0.25, 0.3) is 0 Å². The van der Waals surface area contributed by atoms with Crippen molar-refractivity contribution in [2.75, 3.05) is 20.1 Å². The first-order valence-electron chi connectivity index (χ1n) is 7.57. The minimum atomic E-state index is -0.924. The van der Waals surface area contributed by atoms with Crippen LogP contribution in [0.4, 0.5) is 0 Å². The lowest BCUT2D eigenvalue weighted by atomic mass is 9.90. The highest BCUT2D eigenvalue weighted by molar-refractivity contribution is 5.22. The van der Waals surface area contributed by atoms with E-state index in [0.717, 1.165) is 12.1 Å². The van der Waals surface area contributed by atoms with E-state index < -0.39 is 5.60 Å². The molecule has 1 aromatic rings. The van der Waals surface area contributed by atoms with Crippen LogP contribution in [0.25, 0.3) is 0 Å². The number of aliphatic hydroxyl groups is 1. The summed E-state index contributed by atoms with van der Waals surface area (Å²) < 4.78 is 0. The maximum absolute atomic E-state index is 10.8. The van der Waals surface area contributed by atoms with E-state index in [-0.39, 0.29) is 6.54 Å². The Bertz CT molecular complexity index is 380. The van der Waals surface area contributed by atoms with Crippen LogP contribution in [-0.4, -0.2) is 36.2 Å². The standard InChI is InChI=1S/C17H30N2O/c1-14(2)12-15(3)19(4)11-10-17(20,13-18)16-8-6-5-7-9-16/h5-9,14-15,20H,10-13,18H2,1-4H3. The van der Waals surface area contributed by atoms with Gasteiger partial charge in [-0.1, -0.05) is 44.2 Å². The van der Waals surface area contributed by atoms with Crippen molar-refractivity contribution < 1.29 is 5.11 Å². The lowest BCUT2D eigenvalue weighted by Crippen LogP contribution is -2.40. The summed E-state index contributed by atoms with van der Waals surface area (Å²) in [5.41, 5.74) is 5.80. The van der Waals surface area contributed by atoms with Gasteiger partial charge in [-0.05, 0) is 38.3 Å². The molecule has 0 aliphatic rings. The fraction of sp³-hybridized carbons (Fsp3) is 0.647. The Morgan fingerprint density at radius 2 is 1.80 bits per heavy atom. The van der Waals surface area contributed by atoms with E-state index >= 15 is 0 Å². The number of hydrogen-bond donors (Lipinski definition) is 2. The van der Waals surface area contributed by atoms with E-state index in [0.29, 0.717) is 18.4 Å². The molecule has 0 fully saturated rings. The van der Waals surface area contributed by atoms with Crippen molar-refractivity contribution in [1.82, 2.24) is 4.90 Å². The molecular formula is C17H30N2O. The van der Waals surface area contributed by atoms with Gasteiger partial charge < -0.3 is 15.7 Å². The fourth-order valence-electron chi connectivity index (χ4n) is 2.56. The van der Waals surface area contributed by atoms with Gasteiger partial charge in [0.15, 0.2) is 0 Å². The molecular weight excluding hydrogens is 248 g/mol. The Kier molecular flexibility index (Phi) is 6.66. The second-order valence-electron chi connectivity index (χ2n) is 6.31. The van der Waals surface area contributed by atoms with Crippen molar-refractivity contribution >= 4 is 0 Å². The molecule has 2 unspecified atom stereocenters. The molecule has 0 spiro atoms. The van der Waals surface area contributed by atoms with Gasteiger partial charge in [-0.25, -0.2) is 0 Å². The summed E-state index contributed by atoms with van der Waals surface area (Å²) in [4.78, 5) is 2.31. The third kappa shape index (κ3) is 4.89. The minimum absolute atomic E-state index is 0.253. The number of hydrogen-bond acceptors (Lipinski definition) is 3. The zero-order valence-electron chi connectivity index (χ0n) is 13.3. The van der Waals surface area contributed by atoms with Crippen LogP contribution in [0.3, 0.4) is 0 Å². The fourth-order valence-corrected chi connectivity index (χ4v) is 2.56. The quantitative estimate of drug-likeness (QED) is 0.768. The highest BCUT2D eigenvalue weighted by Gasteiger charge is 2.28. The van der Waals surface area contributed by atoms with Crippen molar-refractivity contribution in [1.29, 1.82) is 0 Å². The first kappa shape index (κ1) is 17.2. The molecule has 114 valence electrons. The summed E-state index contributed by atoms with van der Waals surface area (Å²) in [6.07, 6.45) is 1.83. The van der Waals surface area contributed by atoms with Crippen LogP contribution in [-0.2, 0) is 5.60 Å². The predicted octanol–water partition coefficient (Wildman–Crippen LogP) is 2.59. The predicted molar refractivity (Wildman–Crippen MR) is 85.6 cm³/mol. The van der Waals surface area contributed by atoms with Crippen molar-refractivity contribution in [2.45, 2.75) is 45.3 Å². The Labute approximate surface area is 123 Å². The zero-order valence-corrected chi connectivity index (χ0v) is 13.3. The van der Waals surface area contributed by atoms with Crippen molar-refractivity contribution in [2.24, 2.45) is 11.7 Å². The van der Waals surface area contributed by atoms with Gasteiger partial charge in [-0.15, -0.1) is 0 Å². The summed E-state index contributed by atoms with van der Waals surface area (Å²) in [7, 11) is 2.12. The van der Waals surface area contributed by atoms with E-state index in [1.807, 2.05) is 30.3 Å². The van der Waals surface area contributed by atoms with Gasteiger partial charge in [-0.3, -0.25) is 0 Å². The number of benzene rings is 1. The molecule has 0 saturated heterocycles. The van der Waals surface area contributed by atoms with Crippen LogP contribution in [0.1, 0.15) is 39.2 Å². The molecule has 3 nitrogen and oxygen atoms in total. The summed E-state index contributed by atoms with van der Waals surface area (Å²) in [5, 5.41) is 10.8. The van der Waals surface area contributed by atoms with Crippen LogP contribution in [0.5, 0.6) is 0 Å². The van der Waals surface area contributed by atoms with Crippen LogP contribution in [0.15, 0.2) is 30.3 Å². The summed E-state index contributed by atoms with van der Waals surface area (Å²) in [5.74, 6) is 0.690. The smallest absolute Gasteiger partial charge is 0.103 e. The van der Waals surface area contributed by atoms with Gasteiger partial charge in [0, 0.05) is 19.1 Å². The van der Waals surface area contributed by atoms with Crippen molar-refractivity contribution in [3.05, 3.63) is 35.9 Å². The number of nitrogens with zero attached hydrogens (tertiary/aromatic N) is 1. The first-order valence-corrected chi connectivity index (χ1v) is 7.57. The molecule has 0 saturated carbocycles. The molecule has 0 aromatic heterocycles. The molecule has 1 rings (SSSR count). The average Bonchev–Trinajstić information content (AvgIpc) is 2.44. The third-order valence-corrected chi connectivity index (χ3v) is 4.09. The SMILES string of the molecule is CC(C)CC(C)N(C)CCC(O)(CN)c1ccccc1. The Morgan fingerprint density at radius 3 is 2.30 bits per heavy atom. The van der Waals surface area contributed by atoms with Crippen LogP contribution >= 0.6 is 0 Å². The molecule has 2 atom stereocenters. The van der Waals surface area contributed by atoms with Crippen LogP contribution < -0.4 is 5.73 Å². The number of nitrogens with two attached hydrogens (primary N) is 1. The van der Waals surface area contributed by atoms with Crippen LogP contribution in [0, 0.1) is 5.92 Å². The highest BCUT2D eigenvalue weighted by Crippen LogP contribution is 2.24. The highest BCUT2D eigenvalue weighted by atomic mass is 16.3. The summed E-state index contributed by atoms with van der Waals surface area (Å²) in [6.45, 7) is 7.82. The maximum atomic E-state index is 10.8. The molecule has 0 aliphatic carbocycles. The molecule has 3 N–H and O–H groups in total. The Balaban J connectivity index is 2.61. The van der Waals surface area contributed by atoms with E-state index in [1.54, 1.807) is 0 Å². The second kappa shape index (κ2) is 7.77. The maximum Gasteiger partial charge on any atom is 0.103 e. The Hall–Kier alpha value is -0.900. The van der Waals surface area contributed by atoms with E-state index in [9.17, 15) is 5.11 Å². The van der Waals surface area contributed by atoms with E-state index in [2.05, 4.69) is 32.7 Å². The summed E-state index contributed by atoms with van der Waals surface area (Å²) >= 11 is 0. The molecule has 0 heterocycles.